The SMILES string of the molecule is CCC(C)(C)OC(=O)N(C)C(C=O)CC(C)C. The summed E-state index contributed by atoms with van der Waals surface area (Å²) < 4.78 is 5.34. The molecule has 0 saturated carbocycles. The third kappa shape index (κ3) is 5.71. The number of carbonyl (C=O) groups is 2. The minimum atomic E-state index is -0.489. The molecule has 0 aliphatic carbocycles. The fourth-order valence-corrected chi connectivity index (χ4v) is 1.30. The van der Waals surface area contributed by atoms with Gasteiger partial charge in [-0.05, 0) is 32.6 Å². The average molecular weight is 243 g/mol. The van der Waals surface area contributed by atoms with Gasteiger partial charge in [-0.3, -0.25) is 0 Å². The molecule has 0 bridgehead atoms. The fraction of sp³-hybridized carbons (Fsp3) is 0.846. The van der Waals surface area contributed by atoms with Gasteiger partial charge in [-0.15, -0.1) is 0 Å². The van der Waals surface area contributed by atoms with Crippen molar-refractivity contribution in [2.45, 2.75) is 59.1 Å². The molecule has 0 fully saturated rings. The van der Waals surface area contributed by atoms with Crippen LogP contribution in [-0.4, -0.2) is 36.0 Å². The lowest BCUT2D eigenvalue weighted by Crippen LogP contribution is -2.42. The summed E-state index contributed by atoms with van der Waals surface area (Å²) in [7, 11) is 1.61. The molecular formula is C13H25NO3. The number of amides is 1. The molecule has 1 unspecified atom stereocenters. The van der Waals surface area contributed by atoms with Crippen LogP contribution in [0, 0.1) is 5.92 Å². The second kappa shape index (κ2) is 6.62. The number of rotatable bonds is 6. The minimum absolute atomic E-state index is 0.361. The predicted octanol–water partition coefficient (Wildman–Crippen LogP) is 2.86. The molecule has 0 rings (SSSR count). The molecule has 0 aliphatic rings. The summed E-state index contributed by atoms with van der Waals surface area (Å²) in [5.74, 6) is 0.361. The zero-order chi connectivity index (χ0) is 13.6. The van der Waals surface area contributed by atoms with Crippen LogP contribution in [0.1, 0.15) is 47.5 Å². The number of carbonyl (C=O) groups excluding carboxylic acids is 2. The topological polar surface area (TPSA) is 46.6 Å². The Labute approximate surface area is 104 Å². The first kappa shape index (κ1) is 15.9. The van der Waals surface area contributed by atoms with Gasteiger partial charge in [0.2, 0.25) is 0 Å². The Bertz CT molecular complexity index is 261. The Balaban J connectivity index is 4.51. The van der Waals surface area contributed by atoms with Crippen LogP contribution in [0.3, 0.4) is 0 Å². The van der Waals surface area contributed by atoms with Gasteiger partial charge in [0.1, 0.15) is 11.9 Å². The molecule has 0 radical (unpaired) electrons. The Kier molecular flexibility index (Phi) is 6.21. The predicted molar refractivity (Wildman–Crippen MR) is 67.9 cm³/mol. The van der Waals surface area contributed by atoms with Gasteiger partial charge < -0.3 is 14.4 Å². The summed E-state index contributed by atoms with van der Waals surface area (Å²) in [5.41, 5.74) is -0.489. The smallest absolute Gasteiger partial charge is 0.410 e. The third-order valence-corrected chi connectivity index (χ3v) is 2.87. The molecule has 0 aromatic heterocycles. The monoisotopic (exact) mass is 243 g/mol. The van der Waals surface area contributed by atoms with Crippen LogP contribution in [0.15, 0.2) is 0 Å². The second-order valence-electron chi connectivity index (χ2n) is 5.43. The molecule has 0 heterocycles. The number of nitrogens with zero attached hydrogens (tertiary/aromatic N) is 1. The zero-order valence-electron chi connectivity index (χ0n) is 11.8. The third-order valence-electron chi connectivity index (χ3n) is 2.87. The van der Waals surface area contributed by atoms with E-state index < -0.39 is 17.7 Å². The lowest BCUT2D eigenvalue weighted by Gasteiger charge is -2.30. The highest BCUT2D eigenvalue weighted by molar-refractivity contribution is 5.73. The van der Waals surface area contributed by atoms with Crippen molar-refractivity contribution >= 4 is 12.4 Å². The minimum Gasteiger partial charge on any atom is -0.443 e. The molecule has 1 atom stereocenters. The molecule has 4 nitrogen and oxygen atoms in total. The van der Waals surface area contributed by atoms with Gasteiger partial charge >= 0.3 is 6.09 Å². The van der Waals surface area contributed by atoms with Crippen LogP contribution < -0.4 is 0 Å². The molecular weight excluding hydrogens is 218 g/mol. The van der Waals surface area contributed by atoms with E-state index in [1.54, 1.807) is 7.05 Å². The largest absolute Gasteiger partial charge is 0.443 e. The van der Waals surface area contributed by atoms with E-state index >= 15 is 0 Å². The number of aldehydes is 1. The van der Waals surface area contributed by atoms with Gasteiger partial charge in [0.15, 0.2) is 0 Å². The Morgan fingerprint density at radius 3 is 2.29 bits per heavy atom. The van der Waals surface area contributed by atoms with Crippen molar-refractivity contribution in [2.24, 2.45) is 5.92 Å². The highest BCUT2D eigenvalue weighted by Crippen LogP contribution is 2.17. The number of hydrogen-bond acceptors (Lipinski definition) is 3. The summed E-state index contributed by atoms with van der Waals surface area (Å²) in [5, 5.41) is 0. The van der Waals surface area contributed by atoms with Crippen LogP contribution in [0.25, 0.3) is 0 Å². The first-order valence-corrected chi connectivity index (χ1v) is 6.14. The van der Waals surface area contributed by atoms with Gasteiger partial charge in [-0.2, -0.15) is 0 Å². The van der Waals surface area contributed by atoms with E-state index in [4.69, 9.17) is 4.74 Å². The van der Waals surface area contributed by atoms with Gasteiger partial charge in [0.25, 0.3) is 0 Å². The van der Waals surface area contributed by atoms with Crippen molar-refractivity contribution < 1.29 is 14.3 Å². The summed E-state index contributed by atoms with van der Waals surface area (Å²) in [6.07, 6.45) is 1.76. The number of ether oxygens (including phenoxy) is 1. The van der Waals surface area contributed by atoms with Crippen molar-refractivity contribution in [3.63, 3.8) is 0 Å². The lowest BCUT2D eigenvalue weighted by molar-refractivity contribution is -0.112. The van der Waals surface area contributed by atoms with Crippen molar-refractivity contribution in [1.29, 1.82) is 0 Å². The van der Waals surface area contributed by atoms with Gasteiger partial charge in [-0.25, -0.2) is 4.79 Å². The molecule has 0 spiro atoms. The first-order chi connectivity index (χ1) is 7.73. The number of hydrogen-bond donors (Lipinski definition) is 0. The van der Waals surface area contributed by atoms with E-state index in [2.05, 4.69) is 0 Å². The van der Waals surface area contributed by atoms with E-state index in [1.165, 1.54) is 4.90 Å². The Morgan fingerprint density at radius 2 is 1.94 bits per heavy atom. The summed E-state index contributed by atoms with van der Waals surface area (Å²) in [4.78, 5) is 24.2. The van der Waals surface area contributed by atoms with Gasteiger partial charge in [0, 0.05) is 7.05 Å². The first-order valence-electron chi connectivity index (χ1n) is 6.14. The maximum Gasteiger partial charge on any atom is 0.410 e. The van der Waals surface area contributed by atoms with Crippen LogP contribution in [0.2, 0.25) is 0 Å². The lowest BCUT2D eigenvalue weighted by atomic mass is 10.0. The molecule has 0 N–H and O–H groups in total. The van der Waals surface area contributed by atoms with Gasteiger partial charge in [0.05, 0.1) is 6.04 Å². The molecule has 17 heavy (non-hydrogen) atoms. The summed E-state index contributed by atoms with van der Waals surface area (Å²) in [6, 6.07) is -0.407. The average Bonchev–Trinajstić information content (AvgIpc) is 2.24. The molecule has 0 aromatic carbocycles. The fourth-order valence-electron chi connectivity index (χ4n) is 1.30. The highest BCUT2D eigenvalue weighted by Gasteiger charge is 2.27. The van der Waals surface area contributed by atoms with Crippen LogP contribution >= 0.6 is 0 Å². The van der Waals surface area contributed by atoms with Crippen molar-refractivity contribution in [3.8, 4) is 0 Å². The maximum absolute atomic E-state index is 11.8. The molecule has 1 amide bonds. The molecule has 0 aliphatic heterocycles. The highest BCUT2D eigenvalue weighted by atomic mass is 16.6. The zero-order valence-corrected chi connectivity index (χ0v) is 11.8. The summed E-state index contributed by atoms with van der Waals surface area (Å²) >= 11 is 0. The molecule has 0 saturated heterocycles. The van der Waals surface area contributed by atoms with Crippen molar-refractivity contribution in [3.05, 3.63) is 0 Å². The van der Waals surface area contributed by atoms with Crippen LogP contribution in [0.4, 0.5) is 4.79 Å². The van der Waals surface area contributed by atoms with Crippen molar-refractivity contribution in [1.82, 2.24) is 4.90 Å². The normalized spacial score (nSPS) is 13.4. The molecule has 4 heteroatoms. The Morgan fingerprint density at radius 1 is 1.41 bits per heavy atom. The molecule has 100 valence electrons. The standard InChI is InChI=1S/C13H25NO3/c1-7-13(4,5)17-12(16)14(6)11(9-15)8-10(2)3/h9-11H,7-8H2,1-6H3. The Hall–Kier alpha value is -1.06. The van der Waals surface area contributed by atoms with Crippen molar-refractivity contribution in [2.75, 3.05) is 7.05 Å². The van der Waals surface area contributed by atoms with Gasteiger partial charge in [-0.1, -0.05) is 20.8 Å². The maximum atomic E-state index is 11.8. The summed E-state index contributed by atoms with van der Waals surface area (Å²) in [6.45, 7) is 9.71. The van der Waals surface area contributed by atoms with E-state index in [1.807, 2.05) is 34.6 Å². The van der Waals surface area contributed by atoms with Crippen LogP contribution in [-0.2, 0) is 9.53 Å². The van der Waals surface area contributed by atoms with E-state index in [-0.39, 0.29) is 0 Å². The number of likely N-dealkylation sites (N-methyl/N-ethyl adjacent to an activating group) is 1. The van der Waals surface area contributed by atoms with Crippen LogP contribution in [0.5, 0.6) is 0 Å². The van der Waals surface area contributed by atoms with E-state index in [0.717, 1.165) is 12.7 Å². The molecule has 0 aromatic rings. The van der Waals surface area contributed by atoms with E-state index in [9.17, 15) is 9.59 Å². The quantitative estimate of drug-likeness (QED) is 0.674. The second-order valence-corrected chi connectivity index (χ2v) is 5.43. The van der Waals surface area contributed by atoms with E-state index in [0.29, 0.717) is 12.3 Å².